The summed E-state index contributed by atoms with van der Waals surface area (Å²) in [5.74, 6) is 0.746. The largest absolute Gasteiger partial charge is 0.491 e. The Bertz CT molecular complexity index is 889. The lowest BCUT2D eigenvalue weighted by Crippen LogP contribution is -2.44. The van der Waals surface area contributed by atoms with Gasteiger partial charge in [0.15, 0.2) is 0 Å². The predicted molar refractivity (Wildman–Crippen MR) is 110 cm³/mol. The highest BCUT2D eigenvalue weighted by Gasteiger charge is 2.33. The summed E-state index contributed by atoms with van der Waals surface area (Å²) in [7, 11) is -1.65. The number of likely N-dealkylation sites (N-methyl/N-ethyl adjacent to an activating group) is 1. The summed E-state index contributed by atoms with van der Waals surface area (Å²) in [6.45, 7) is 3.68. The van der Waals surface area contributed by atoms with Crippen molar-refractivity contribution in [3.05, 3.63) is 47.3 Å². The molecule has 0 saturated carbocycles. The molecule has 1 fully saturated rings. The number of sulfonamides is 1. The first-order valence-electron chi connectivity index (χ1n) is 9.36. The number of hydrogen-bond donors (Lipinski definition) is 0. The molecule has 0 unspecified atom stereocenters. The standard InChI is InChI=1S/C20H26N2O4S2/c1-16-6-3-4-7-18(16)26-14-13-21(2)20(23)17-9-11-22(12-10-17)28(24,25)19-8-5-15-27-19/h3-8,15,17H,9-14H2,1-2H3. The fourth-order valence-electron chi connectivity index (χ4n) is 3.31. The van der Waals surface area contributed by atoms with Gasteiger partial charge in [0.2, 0.25) is 5.91 Å². The molecule has 1 aliphatic rings. The molecule has 0 aliphatic carbocycles. The average molecular weight is 423 g/mol. The van der Waals surface area contributed by atoms with Gasteiger partial charge in [-0.2, -0.15) is 4.31 Å². The van der Waals surface area contributed by atoms with Crippen LogP contribution in [0.2, 0.25) is 0 Å². The quantitative estimate of drug-likeness (QED) is 0.688. The minimum atomic E-state index is -3.43. The van der Waals surface area contributed by atoms with E-state index in [1.165, 1.54) is 15.6 Å². The van der Waals surface area contributed by atoms with E-state index in [0.717, 1.165) is 11.3 Å². The number of aryl methyl sites for hydroxylation is 1. The number of nitrogens with zero attached hydrogens (tertiary/aromatic N) is 2. The topological polar surface area (TPSA) is 66.9 Å². The Labute approximate surface area is 170 Å². The number of amides is 1. The third kappa shape index (κ3) is 4.74. The van der Waals surface area contributed by atoms with E-state index < -0.39 is 10.0 Å². The summed E-state index contributed by atoms with van der Waals surface area (Å²) in [6, 6.07) is 11.2. The molecule has 1 aromatic carbocycles. The monoisotopic (exact) mass is 422 g/mol. The first-order chi connectivity index (χ1) is 13.4. The summed E-state index contributed by atoms with van der Waals surface area (Å²) < 4.78 is 32.8. The number of thiophene rings is 1. The molecule has 0 spiro atoms. The van der Waals surface area contributed by atoms with Crippen LogP contribution in [0.1, 0.15) is 18.4 Å². The number of piperidine rings is 1. The van der Waals surface area contributed by atoms with Crippen LogP contribution in [0.5, 0.6) is 5.75 Å². The van der Waals surface area contributed by atoms with Crippen LogP contribution in [-0.4, -0.2) is 56.8 Å². The Morgan fingerprint density at radius 1 is 1.21 bits per heavy atom. The molecule has 152 valence electrons. The smallest absolute Gasteiger partial charge is 0.252 e. The average Bonchev–Trinajstić information content (AvgIpc) is 3.24. The Hall–Kier alpha value is -1.90. The third-order valence-electron chi connectivity index (χ3n) is 5.05. The van der Waals surface area contributed by atoms with Gasteiger partial charge in [0.05, 0.1) is 6.54 Å². The van der Waals surface area contributed by atoms with Gasteiger partial charge < -0.3 is 9.64 Å². The molecule has 28 heavy (non-hydrogen) atoms. The highest BCUT2D eigenvalue weighted by molar-refractivity contribution is 7.91. The summed E-state index contributed by atoms with van der Waals surface area (Å²) in [5, 5.41) is 1.76. The minimum Gasteiger partial charge on any atom is -0.491 e. The van der Waals surface area contributed by atoms with E-state index in [4.69, 9.17) is 4.74 Å². The zero-order valence-electron chi connectivity index (χ0n) is 16.2. The van der Waals surface area contributed by atoms with Crippen LogP contribution in [0, 0.1) is 12.8 Å². The summed E-state index contributed by atoms with van der Waals surface area (Å²) in [4.78, 5) is 14.4. The van der Waals surface area contributed by atoms with Crippen molar-refractivity contribution in [3.63, 3.8) is 0 Å². The number of para-hydroxylation sites is 1. The van der Waals surface area contributed by atoms with Crippen molar-refractivity contribution in [1.29, 1.82) is 0 Å². The number of hydrogen-bond acceptors (Lipinski definition) is 5. The lowest BCUT2D eigenvalue weighted by atomic mass is 9.97. The van der Waals surface area contributed by atoms with E-state index >= 15 is 0 Å². The Morgan fingerprint density at radius 2 is 1.93 bits per heavy atom. The zero-order chi connectivity index (χ0) is 20.1. The number of rotatable bonds is 7. The fraction of sp³-hybridized carbons (Fsp3) is 0.450. The summed E-state index contributed by atoms with van der Waals surface area (Å²) >= 11 is 1.23. The maximum atomic E-state index is 12.7. The molecule has 8 heteroatoms. The lowest BCUT2D eigenvalue weighted by molar-refractivity contribution is -0.135. The zero-order valence-corrected chi connectivity index (χ0v) is 17.8. The maximum absolute atomic E-state index is 12.7. The van der Waals surface area contributed by atoms with Crippen LogP contribution < -0.4 is 4.74 Å². The van der Waals surface area contributed by atoms with Gasteiger partial charge in [-0.15, -0.1) is 11.3 Å². The molecule has 6 nitrogen and oxygen atoms in total. The first kappa shape index (κ1) is 20.8. The van der Waals surface area contributed by atoms with E-state index in [0.29, 0.717) is 43.3 Å². The Kier molecular flexibility index (Phi) is 6.74. The molecule has 1 amide bonds. The molecule has 3 rings (SSSR count). The minimum absolute atomic E-state index is 0.0570. The van der Waals surface area contributed by atoms with Gasteiger partial charge >= 0.3 is 0 Å². The third-order valence-corrected chi connectivity index (χ3v) is 8.32. The molecule has 2 aromatic rings. The Balaban J connectivity index is 1.47. The molecule has 1 aliphatic heterocycles. The number of carbonyl (C=O) groups is 1. The second-order valence-corrected chi connectivity index (χ2v) is 10.1. The van der Waals surface area contributed by atoms with Crippen molar-refractivity contribution in [3.8, 4) is 5.75 Å². The normalized spacial score (nSPS) is 16.1. The van der Waals surface area contributed by atoms with Crippen LogP contribution in [-0.2, 0) is 14.8 Å². The molecule has 0 N–H and O–H groups in total. The van der Waals surface area contributed by atoms with Crippen molar-refractivity contribution in [1.82, 2.24) is 9.21 Å². The summed E-state index contributed by atoms with van der Waals surface area (Å²) in [5.41, 5.74) is 1.07. The van der Waals surface area contributed by atoms with Gasteiger partial charge in [-0.05, 0) is 42.8 Å². The number of benzene rings is 1. The highest BCUT2D eigenvalue weighted by Crippen LogP contribution is 2.27. The molecule has 1 aromatic heterocycles. The van der Waals surface area contributed by atoms with E-state index in [-0.39, 0.29) is 11.8 Å². The van der Waals surface area contributed by atoms with Crippen LogP contribution in [0.4, 0.5) is 0 Å². The SMILES string of the molecule is Cc1ccccc1OCCN(C)C(=O)C1CCN(S(=O)(=O)c2cccs2)CC1. The molecule has 1 saturated heterocycles. The van der Waals surface area contributed by atoms with Crippen LogP contribution in [0.15, 0.2) is 46.0 Å². The predicted octanol–water partition coefficient (Wildman–Crippen LogP) is 2.99. The van der Waals surface area contributed by atoms with Crippen LogP contribution >= 0.6 is 11.3 Å². The fourth-order valence-corrected chi connectivity index (χ4v) is 5.93. The number of ether oxygens (including phenoxy) is 1. The van der Waals surface area contributed by atoms with Crippen molar-refractivity contribution in [2.24, 2.45) is 5.92 Å². The molecule has 0 atom stereocenters. The van der Waals surface area contributed by atoms with Crippen LogP contribution in [0.3, 0.4) is 0 Å². The van der Waals surface area contributed by atoms with E-state index in [2.05, 4.69) is 0 Å². The molecular formula is C20H26N2O4S2. The van der Waals surface area contributed by atoms with Gasteiger partial charge in [-0.25, -0.2) is 8.42 Å². The van der Waals surface area contributed by atoms with Crippen molar-refractivity contribution in [2.75, 3.05) is 33.3 Å². The molecule has 0 bridgehead atoms. The summed E-state index contributed by atoms with van der Waals surface area (Å²) in [6.07, 6.45) is 1.10. The Morgan fingerprint density at radius 3 is 2.57 bits per heavy atom. The second kappa shape index (κ2) is 9.07. The van der Waals surface area contributed by atoms with Crippen molar-refractivity contribution >= 4 is 27.3 Å². The first-order valence-corrected chi connectivity index (χ1v) is 11.7. The maximum Gasteiger partial charge on any atom is 0.252 e. The van der Waals surface area contributed by atoms with Gasteiger partial charge in [0.25, 0.3) is 10.0 Å². The second-order valence-electron chi connectivity index (χ2n) is 6.98. The van der Waals surface area contributed by atoms with Gasteiger partial charge in [0.1, 0.15) is 16.6 Å². The number of carbonyl (C=O) groups excluding carboxylic acids is 1. The highest BCUT2D eigenvalue weighted by atomic mass is 32.2. The van der Waals surface area contributed by atoms with E-state index in [1.54, 1.807) is 29.5 Å². The van der Waals surface area contributed by atoms with Crippen molar-refractivity contribution in [2.45, 2.75) is 24.0 Å². The lowest BCUT2D eigenvalue weighted by Gasteiger charge is -2.32. The van der Waals surface area contributed by atoms with Crippen LogP contribution in [0.25, 0.3) is 0 Å². The van der Waals surface area contributed by atoms with Crippen molar-refractivity contribution < 1.29 is 17.9 Å². The van der Waals surface area contributed by atoms with Gasteiger partial charge in [0, 0.05) is 26.1 Å². The molecule has 0 radical (unpaired) electrons. The van der Waals surface area contributed by atoms with Gasteiger partial charge in [-0.1, -0.05) is 24.3 Å². The van der Waals surface area contributed by atoms with Gasteiger partial charge in [-0.3, -0.25) is 4.79 Å². The van der Waals surface area contributed by atoms with E-state index in [1.807, 2.05) is 31.2 Å². The van der Waals surface area contributed by atoms with E-state index in [9.17, 15) is 13.2 Å². The molecular weight excluding hydrogens is 396 g/mol. The molecule has 2 heterocycles.